The molecule has 2 aliphatic rings. The van der Waals surface area contributed by atoms with E-state index in [4.69, 9.17) is 5.73 Å². The number of hydrogen-bond acceptors (Lipinski definition) is 2. The van der Waals surface area contributed by atoms with Gasteiger partial charge in [0.15, 0.2) is 0 Å². The highest BCUT2D eigenvalue weighted by Crippen LogP contribution is 2.27. The normalized spacial score (nSPS) is 25.7. The summed E-state index contributed by atoms with van der Waals surface area (Å²) in [6, 6.07) is 0.221. The van der Waals surface area contributed by atoms with Gasteiger partial charge in [0.1, 0.15) is 0 Å². The molecule has 3 nitrogen and oxygen atoms in total. The number of nitrogens with zero attached hydrogens (tertiary/aromatic N) is 1. The Hall–Kier alpha value is -0.280. The molecule has 0 bridgehead atoms. The van der Waals surface area contributed by atoms with Crippen molar-refractivity contribution in [3.63, 3.8) is 0 Å². The van der Waals surface area contributed by atoms with Gasteiger partial charge in [0.2, 0.25) is 5.91 Å². The van der Waals surface area contributed by atoms with Gasteiger partial charge < -0.3 is 10.6 Å². The maximum absolute atomic E-state index is 11.9. The second-order valence-corrected chi connectivity index (χ2v) is 5.43. The van der Waals surface area contributed by atoms with E-state index in [-0.39, 0.29) is 18.4 Å². The molecule has 1 heterocycles. The summed E-state index contributed by atoms with van der Waals surface area (Å²) in [7, 11) is 0. The second-order valence-electron chi connectivity index (χ2n) is 5.43. The third kappa shape index (κ3) is 4.47. The Morgan fingerprint density at radius 2 is 1.88 bits per heavy atom. The fraction of sp³-hybridized carbons (Fsp3) is 0.923. The van der Waals surface area contributed by atoms with Crippen LogP contribution in [0.1, 0.15) is 51.4 Å². The smallest absolute Gasteiger partial charge is 0.222 e. The van der Waals surface area contributed by atoms with Crippen LogP contribution in [0.3, 0.4) is 0 Å². The molecular formula is C13H25ClN2O. The molecule has 2 rings (SSSR count). The zero-order valence-corrected chi connectivity index (χ0v) is 11.4. The van der Waals surface area contributed by atoms with E-state index in [1.807, 2.05) is 4.90 Å². The van der Waals surface area contributed by atoms with E-state index in [0.29, 0.717) is 5.91 Å². The Kier molecular flexibility index (Phi) is 6.28. The number of carbonyl (C=O) groups is 1. The standard InChI is InChI=1S/C13H24N2O.ClH/c14-12-8-9-15(10-12)13(16)7-6-11-4-2-1-3-5-11;/h11-12H,1-10,14H2;1H. The molecule has 1 atom stereocenters. The second kappa shape index (κ2) is 7.22. The summed E-state index contributed by atoms with van der Waals surface area (Å²) in [5.41, 5.74) is 5.81. The molecule has 1 unspecified atom stereocenters. The van der Waals surface area contributed by atoms with Crippen molar-refractivity contribution in [3.8, 4) is 0 Å². The van der Waals surface area contributed by atoms with E-state index in [0.717, 1.165) is 38.3 Å². The van der Waals surface area contributed by atoms with Gasteiger partial charge >= 0.3 is 0 Å². The van der Waals surface area contributed by atoms with Gasteiger partial charge in [-0.15, -0.1) is 12.4 Å². The minimum Gasteiger partial charge on any atom is -0.341 e. The lowest BCUT2D eigenvalue weighted by atomic mass is 9.86. The molecule has 1 aliphatic heterocycles. The van der Waals surface area contributed by atoms with E-state index in [1.54, 1.807) is 0 Å². The molecule has 0 aromatic heterocycles. The minimum atomic E-state index is 0. The number of rotatable bonds is 3. The van der Waals surface area contributed by atoms with E-state index in [1.165, 1.54) is 32.1 Å². The number of nitrogens with two attached hydrogens (primary N) is 1. The van der Waals surface area contributed by atoms with Crippen LogP contribution >= 0.6 is 12.4 Å². The molecule has 0 aromatic rings. The summed E-state index contributed by atoms with van der Waals surface area (Å²) < 4.78 is 0. The molecule has 17 heavy (non-hydrogen) atoms. The van der Waals surface area contributed by atoms with Gasteiger partial charge in [0.05, 0.1) is 0 Å². The van der Waals surface area contributed by atoms with Gasteiger partial charge in [0, 0.05) is 25.6 Å². The maximum atomic E-state index is 11.9. The van der Waals surface area contributed by atoms with E-state index < -0.39 is 0 Å². The van der Waals surface area contributed by atoms with E-state index >= 15 is 0 Å². The van der Waals surface area contributed by atoms with Gasteiger partial charge in [-0.25, -0.2) is 0 Å². The first kappa shape index (κ1) is 14.8. The van der Waals surface area contributed by atoms with Crippen LogP contribution in [-0.4, -0.2) is 29.9 Å². The van der Waals surface area contributed by atoms with Crippen LogP contribution in [0.15, 0.2) is 0 Å². The van der Waals surface area contributed by atoms with Crippen molar-refractivity contribution < 1.29 is 4.79 Å². The molecule has 0 spiro atoms. The summed E-state index contributed by atoms with van der Waals surface area (Å²) in [5, 5.41) is 0. The van der Waals surface area contributed by atoms with E-state index in [9.17, 15) is 4.79 Å². The van der Waals surface area contributed by atoms with Crippen molar-refractivity contribution in [1.29, 1.82) is 0 Å². The first-order chi connectivity index (χ1) is 7.75. The van der Waals surface area contributed by atoms with Crippen LogP contribution < -0.4 is 5.73 Å². The lowest BCUT2D eigenvalue weighted by Gasteiger charge is -2.22. The average molecular weight is 261 g/mol. The summed E-state index contributed by atoms with van der Waals surface area (Å²) in [6.07, 6.45) is 9.64. The van der Waals surface area contributed by atoms with Gasteiger partial charge in [0.25, 0.3) is 0 Å². The SMILES string of the molecule is Cl.NC1CCN(C(=O)CCC2CCCCC2)C1. The van der Waals surface area contributed by atoms with Crippen LogP contribution in [-0.2, 0) is 4.79 Å². The molecule has 1 amide bonds. The first-order valence-electron chi connectivity index (χ1n) is 6.79. The Balaban J connectivity index is 0.00000144. The Morgan fingerprint density at radius 3 is 2.47 bits per heavy atom. The lowest BCUT2D eigenvalue weighted by Crippen LogP contribution is -2.32. The molecule has 2 N–H and O–H groups in total. The zero-order chi connectivity index (χ0) is 11.4. The summed E-state index contributed by atoms with van der Waals surface area (Å²) in [6.45, 7) is 1.66. The lowest BCUT2D eigenvalue weighted by molar-refractivity contribution is -0.130. The summed E-state index contributed by atoms with van der Waals surface area (Å²) >= 11 is 0. The van der Waals surface area contributed by atoms with Gasteiger partial charge in [-0.2, -0.15) is 0 Å². The van der Waals surface area contributed by atoms with Crippen LogP contribution in [0.5, 0.6) is 0 Å². The van der Waals surface area contributed by atoms with E-state index in [2.05, 4.69) is 0 Å². The minimum absolute atomic E-state index is 0. The van der Waals surface area contributed by atoms with Crippen molar-refractivity contribution in [2.45, 2.75) is 57.4 Å². The van der Waals surface area contributed by atoms with Crippen molar-refractivity contribution >= 4 is 18.3 Å². The molecule has 4 heteroatoms. The van der Waals surface area contributed by atoms with Gasteiger partial charge in [-0.05, 0) is 18.8 Å². The molecule has 2 fully saturated rings. The number of halogens is 1. The third-order valence-electron chi connectivity index (χ3n) is 4.07. The predicted molar refractivity (Wildman–Crippen MR) is 72.2 cm³/mol. The largest absolute Gasteiger partial charge is 0.341 e. The van der Waals surface area contributed by atoms with Crippen LogP contribution in [0.2, 0.25) is 0 Å². The molecule has 0 aromatic carbocycles. The highest BCUT2D eigenvalue weighted by Gasteiger charge is 2.24. The van der Waals surface area contributed by atoms with Crippen molar-refractivity contribution in [3.05, 3.63) is 0 Å². The number of carbonyl (C=O) groups excluding carboxylic acids is 1. The summed E-state index contributed by atoms with van der Waals surface area (Å²) in [4.78, 5) is 13.9. The van der Waals surface area contributed by atoms with Crippen molar-refractivity contribution in [1.82, 2.24) is 4.90 Å². The van der Waals surface area contributed by atoms with Crippen molar-refractivity contribution in [2.75, 3.05) is 13.1 Å². The fourth-order valence-corrected chi connectivity index (χ4v) is 2.98. The molecule has 0 radical (unpaired) electrons. The molecule has 1 aliphatic carbocycles. The molecule has 1 saturated heterocycles. The molecule has 100 valence electrons. The van der Waals surface area contributed by atoms with Crippen LogP contribution in [0.25, 0.3) is 0 Å². The van der Waals surface area contributed by atoms with Crippen molar-refractivity contribution in [2.24, 2.45) is 11.7 Å². The first-order valence-corrected chi connectivity index (χ1v) is 6.79. The molecular weight excluding hydrogens is 236 g/mol. The Labute approximate surface area is 111 Å². The van der Waals surface area contributed by atoms with Gasteiger partial charge in [-0.1, -0.05) is 32.1 Å². The highest BCUT2D eigenvalue weighted by atomic mass is 35.5. The predicted octanol–water partition coefficient (Wildman–Crippen LogP) is 2.33. The number of hydrogen-bond donors (Lipinski definition) is 1. The highest BCUT2D eigenvalue weighted by molar-refractivity contribution is 5.85. The van der Waals surface area contributed by atoms with Crippen LogP contribution in [0.4, 0.5) is 0 Å². The quantitative estimate of drug-likeness (QED) is 0.847. The fourth-order valence-electron chi connectivity index (χ4n) is 2.98. The Bertz CT molecular complexity index is 242. The van der Waals surface area contributed by atoms with Crippen LogP contribution in [0, 0.1) is 5.92 Å². The average Bonchev–Trinajstić information content (AvgIpc) is 2.74. The zero-order valence-electron chi connectivity index (χ0n) is 10.6. The monoisotopic (exact) mass is 260 g/mol. The summed E-state index contributed by atoms with van der Waals surface area (Å²) in [5.74, 6) is 1.15. The topological polar surface area (TPSA) is 46.3 Å². The maximum Gasteiger partial charge on any atom is 0.222 e. The third-order valence-corrected chi connectivity index (χ3v) is 4.07. The Morgan fingerprint density at radius 1 is 1.18 bits per heavy atom. The molecule has 1 saturated carbocycles. The number of amides is 1. The number of likely N-dealkylation sites (tertiary alicyclic amines) is 1. The van der Waals surface area contributed by atoms with Gasteiger partial charge in [-0.3, -0.25) is 4.79 Å².